The highest BCUT2D eigenvalue weighted by atomic mass is 16.5. The lowest BCUT2D eigenvalue weighted by molar-refractivity contribution is 0.0753. The number of rotatable bonds is 3. The lowest BCUT2D eigenvalue weighted by Crippen LogP contribution is -2.32. The number of aromatic nitrogens is 1. The quantitative estimate of drug-likeness (QED) is 0.817. The van der Waals surface area contributed by atoms with Crippen molar-refractivity contribution in [2.75, 3.05) is 19.8 Å². The number of carbonyl (C=O) groups is 1. The van der Waals surface area contributed by atoms with Crippen LogP contribution in [0.2, 0.25) is 0 Å². The zero-order valence-electron chi connectivity index (χ0n) is 10.9. The molecule has 1 saturated carbocycles. The molecule has 3 rings (SSSR count). The second kappa shape index (κ2) is 4.39. The lowest BCUT2D eigenvalue weighted by Gasteiger charge is -2.16. The van der Waals surface area contributed by atoms with Gasteiger partial charge in [-0.1, -0.05) is 19.0 Å². The fourth-order valence-corrected chi connectivity index (χ4v) is 2.34. The average molecular weight is 249 g/mol. The van der Waals surface area contributed by atoms with E-state index in [0.29, 0.717) is 11.7 Å². The molecule has 0 bridgehead atoms. The van der Waals surface area contributed by atoms with Gasteiger partial charge in [-0.15, -0.1) is 0 Å². The predicted octanol–water partition coefficient (Wildman–Crippen LogP) is 1.68. The maximum atomic E-state index is 12.2. The van der Waals surface area contributed by atoms with E-state index in [1.54, 1.807) is 6.07 Å². The highest BCUT2D eigenvalue weighted by Gasteiger charge is 2.35. The molecule has 2 aliphatic rings. The van der Waals surface area contributed by atoms with Gasteiger partial charge in [0.2, 0.25) is 0 Å². The van der Waals surface area contributed by atoms with Gasteiger partial charge in [-0.3, -0.25) is 9.69 Å². The second-order valence-corrected chi connectivity index (χ2v) is 5.52. The highest BCUT2D eigenvalue weighted by Crippen LogP contribution is 2.29. The molecule has 1 aliphatic carbocycles. The first-order valence-corrected chi connectivity index (χ1v) is 6.65. The summed E-state index contributed by atoms with van der Waals surface area (Å²) in [5.74, 6) is 1.03. The first-order valence-electron chi connectivity index (χ1n) is 6.65. The van der Waals surface area contributed by atoms with Crippen LogP contribution in [0.1, 0.15) is 48.9 Å². The van der Waals surface area contributed by atoms with Crippen molar-refractivity contribution in [2.45, 2.75) is 38.6 Å². The van der Waals surface area contributed by atoms with Crippen LogP contribution < -0.4 is 0 Å². The van der Waals surface area contributed by atoms with Crippen LogP contribution >= 0.6 is 0 Å². The van der Waals surface area contributed by atoms with E-state index in [-0.39, 0.29) is 11.8 Å². The summed E-state index contributed by atoms with van der Waals surface area (Å²) in [6.07, 6.45) is 2.56. The van der Waals surface area contributed by atoms with Crippen LogP contribution in [-0.2, 0) is 0 Å². The van der Waals surface area contributed by atoms with E-state index < -0.39 is 0 Å². The Hall–Kier alpha value is -1.36. The topological polar surface area (TPSA) is 49.6 Å². The molecule has 1 amide bonds. The molecule has 0 aromatic carbocycles. The number of nitrogens with zero attached hydrogens (tertiary/aromatic N) is 3. The summed E-state index contributed by atoms with van der Waals surface area (Å²) >= 11 is 0. The largest absolute Gasteiger partial charge is 0.360 e. The van der Waals surface area contributed by atoms with Crippen LogP contribution in [0, 0.1) is 0 Å². The van der Waals surface area contributed by atoms with Gasteiger partial charge in [0.15, 0.2) is 5.69 Å². The Morgan fingerprint density at radius 3 is 2.83 bits per heavy atom. The van der Waals surface area contributed by atoms with Crippen LogP contribution in [0.15, 0.2) is 10.6 Å². The predicted molar refractivity (Wildman–Crippen MR) is 66.2 cm³/mol. The summed E-state index contributed by atoms with van der Waals surface area (Å²) < 4.78 is 5.18. The lowest BCUT2D eigenvalue weighted by atomic mass is 10.1. The van der Waals surface area contributed by atoms with Crippen LogP contribution in [0.3, 0.4) is 0 Å². The third kappa shape index (κ3) is 2.14. The highest BCUT2D eigenvalue weighted by molar-refractivity contribution is 5.92. The van der Waals surface area contributed by atoms with Crippen molar-refractivity contribution in [3.8, 4) is 0 Å². The maximum absolute atomic E-state index is 12.2. The molecule has 1 aromatic heterocycles. The van der Waals surface area contributed by atoms with Gasteiger partial charge >= 0.3 is 0 Å². The van der Waals surface area contributed by atoms with Gasteiger partial charge in [0.25, 0.3) is 5.91 Å². The molecule has 0 unspecified atom stereocenters. The molecule has 2 fully saturated rings. The Labute approximate surface area is 107 Å². The number of hydrogen-bond acceptors (Lipinski definition) is 4. The van der Waals surface area contributed by atoms with Gasteiger partial charge in [-0.25, -0.2) is 0 Å². The smallest absolute Gasteiger partial charge is 0.277 e. The second-order valence-electron chi connectivity index (χ2n) is 5.52. The van der Waals surface area contributed by atoms with E-state index in [4.69, 9.17) is 4.52 Å². The maximum Gasteiger partial charge on any atom is 0.277 e. The van der Waals surface area contributed by atoms with Gasteiger partial charge in [0.1, 0.15) is 5.76 Å². The molecule has 5 nitrogen and oxygen atoms in total. The standard InChI is InChI=1S/C13H19N3O2/c1-9(2)12-7-11(14-18-12)13(17)16-6-5-15(8-16)10-3-4-10/h7,9-10H,3-6,8H2,1-2H3. The van der Waals surface area contributed by atoms with E-state index in [1.165, 1.54) is 12.8 Å². The Bertz CT molecular complexity index is 451. The normalized spacial score (nSPS) is 20.9. The van der Waals surface area contributed by atoms with E-state index >= 15 is 0 Å². The first-order chi connectivity index (χ1) is 8.65. The molecular formula is C13H19N3O2. The molecule has 0 spiro atoms. The van der Waals surface area contributed by atoms with Crippen molar-refractivity contribution in [1.82, 2.24) is 15.0 Å². The molecule has 18 heavy (non-hydrogen) atoms. The Balaban J connectivity index is 1.66. The molecule has 1 aromatic rings. The molecule has 5 heteroatoms. The minimum Gasteiger partial charge on any atom is -0.360 e. The van der Waals surface area contributed by atoms with Crippen molar-refractivity contribution in [2.24, 2.45) is 0 Å². The summed E-state index contributed by atoms with van der Waals surface area (Å²) in [4.78, 5) is 16.5. The van der Waals surface area contributed by atoms with Gasteiger partial charge in [-0.2, -0.15) is 0 Å². The summed E-state index contributed by atoms with van der Waals surface area (Å²) in [5, 5.41) is 3.88. The molecule has 98 valence electrons. The molecule has 1 aliphatic heterocycles. The van der Waals surface area contributed by atoms with E-state index in [2.05, 4.69) is 10.1 Å². The van der Waals surface area contributed by atoms with Gasteiger partial charge in [0, 0.05) is 31.1 Å². The van der Waals surface area contributed by atoms with Crippen molar-refractivity contribution >= 4 is 5.91 Å². The van der Waals surface area contributed by atoms with Crippen LogP contribution in [0.25, 0.3) is 0 Å². The Morgan fingerprint density at radius 2 is 2.22 bits per heavy atom. The first kappa shape index (κ1) is 11.7. The number of carbonyl (C=O) groups excluding carboxylic acids is 1. The summed E-state index contributed by atoms with van der Waals surface area (Å²) in [6.45, 7) is 6.59. The van der Waals surface area contributed by atoms with Crippen LogP contribution in [0.5, 0.6) is 0 Å². The molecule has 0 atom stereocenters. The SMILES string of the molecule is CC(C)c1cc(C(=O)N2CCN(C3CC3)C2)no1. The Morgan fingerprint density at radius 1 is 1.44 bits per heavy atom. The monoisotopic (exact) mass is 249 g/mol. The van der Waals surface area contributed by atoms with Crippen molar-refractivity contribution < 1.29 is 9.32 Å². The van der Waals surface area contributed by atoms with E-state index in [1.807, 2.05) is 18.7 Å². The molecule has 0 N–H and O–H groups in total. The third-order valence-electron chi connectivity index (χ3n) is 3.68. The minimum atomic E-state index is -0.00574. The Kier molecular flexibility index (Phi) is 2.86. The number of hydrogen-bond donors (Lipinski definition) is 0. The minimum absolute atomic E-state index is 0.00574. The third-order valence-corrected chi connectivity index (χ3v) is 3.68. The van der Waals surface area contributed by atoms with E-state index in [9.17, 15) is 4.79 Å². The summed E-state index contributed by atoms with van der Waals surface area (Å²) in [5.41, 5.74) is 0.441. The van der Waals surface area contributed by atoms with Crippen molar-refractivity contribution in [3.05, 3.63) is 17.5 Å². The molecule has 2 heterocycles. The average Bonchev–Trinajstić information content (AvgIpc) is 2.92. The van der Waals surface area contributed by atoms with E-state index in [0.717, 1.165) is 25.5 Å². The zero-order chi connectivity index (χ0) is 12.7. The van der Waals surface area contributed by atoms with Crippen molar-refractivity contribution in [1.29, 1.82) is 0 Å². The van der Waals surface area contributed by atoms with Crippen LogP contribution in [0.4, 0.5) is 0 Å². The van der Waals surface area contributed by atoms with Crippen LogP contribution in [-0.4, -0.2) is 46.7 Å². The van der Waals surface area contributed by atoms with Crippen molar-refractivity contribution in [3.63, 3.8) is 0 Å². The summed E-state index contributed by atoms with van der Waals surface area (Å²) in [6, 6.07) is 2.48. The number of amides is 1. The van der Waals surface area contributed by atoms with Gasteiger partial charge in [0.05, 0.1) is 6.67 Å². The van der Waals surface area contributed by atoms with Gasteiger partial charge < -0.3 is 9.42 Å². The van der Waals surface area contributed by atoms with Gasteiger partial charge in [-0.05, 0) is 12.8 Å². The summed E-state index contributed by atoms with van der Waals surface area (Å²) in [7, 11) is 0. The fraction of sp³-hybridized carbons (Fsp3) is 0.692. The fourth-order valence-electron chi connectivity index (χ4n) is 2.34. The molecular weight excluding hydrogens is 230 g/mol. The molecule has 0 radical (unpaired) electrons. The zero-order valence-corrected chi connectivity index (χ0v) is 10.9. The molecule has 1 saturated heterocycles.